The SMILES string of the molecule is CC(C)C(=O)c1ccc(Cl)c(S(N)(=O)=O)c1. The van der Waals surface area contributed by atoms with Crippen LogP contribution in [0.1, 0.15) is 24.2 Å². The van der Waals surface area contributed by atoms with Crippen LogP contribution in [0.2, 0.25) is 5.02 Å². The first-order valence-corrected chi connectivity index (χ1v) is 6.52. The lowest BCUT2D eigenvalue weighted by atomic mass is 10.0. The quantitative estimate of drug-likeness (QED) is 0.843. The Bertz CT molecular complexity index is 523. The molecular weight excluding hydrogens is 250 g/mol. The van der Waals surface area contributed by atoms with Crippen molar-refractivity contribution in [2.45, 2.75) is 18.7 Å². The molecule has 16 heavy (non-hydrogen) atoms. The van der Waals surface area contributed by atoms with Crippen molar-refractivity contribution in [2.24, 2.45) is 11.1 Å². The number of halogens is 1. The molecule has 2 N–H and O–H groups in total. The van der Waals surface area contributed by atoms with E-state index < -0.39 is 10.0 Å². The van der Waals surface area contributed by atoms with Crippen molar-refractivity contribution in [2.75, 3.05) is 0 Å². The lowest BCUT2D eigenvalue weighted by Crippen LogP contribution is -2.15. The summed E-state index contributed by atoms with van der Waals surface area (Å²) in [7, 11) is -3.90. The molecule has 1 aromatic carbocycles. The minimum atomic E-state index is -3.90. The van der Waals surface area contributed by atoms with Gasteiger partial charge in [0.25, 0.3) is 0 Å². The highest BCUT2D eigenvalue weighted by Crippen LogP contribution is 2.22. The van der Waals surface area contributed by atoms with Gasteiger partial charge in [-0.05, 0) is 18.2 Å². The fourth-order valence-corrected chi connectivity index (χ4v) is 2.28. The molecule has 0 saturated carbocycles. The van der Waals surface area contributed by atoms with Gasteiger partial charge in [0.2, 0.25) is 10.0 Å². The summed E-state index contributed by atoms with van der Waals surface area (Å²) >= 11 is 5.69. The fraction of sp³-hybridized carbons (Fsp3) is 0.300. The van der Waals surface area contributed by atoms with E-state index in [1.165, 1.54) is 18.2 Å². The average Bonchev–Trinajstić information content (AvgIpc) is 2.15. The Balaban J connectivity index is 3.34. The molecule has 0 aliphatic rings. The van der Waals surface area contributed by atoms with E-state index in [0.29, 0.717) is 5.56 Å². The smallest absolute Gasteiger partial charge is 0.239 e. The Labute approximate surface area is 99.5 Å². The molecule has 88 valence electrons. The summed E-state index contributed by atoms with van der Waals surface area (Å²) in [6.07, 6.45) is 0. The van der Waals surface area contributed by atoms with E-state index in [4.69, 9.17) is 16.7 Å². The summed E-state index contributed by atoms with van der Waals surface area (Å²) < 4.78 is 22.4. The number of rotatable bonds is 3. The maximum atomic E-state index is 11.7. The van der Waals surface area contributed by atoms with Crippen molar-refractivity contribution >= 4 is 27.4 Å². The van der Waals surface area contributed by atoms with E-state index in [2.05, 4.69) is 0 Å². The van der Waals surface area contributed by atoms with E-state index in [1.807, 2.05) is 0 Å². The summed E-state index contributed by atoms with van der Waals surface area (Å²) in [6.45, 7) is 3.46. The number of carbonyl (C=O) groups excluding carboxylic acids is 1. The molecular formula is C10H12ClNO3S. The van der Waals surface area contributed by atoms with Gasteiger partial charge >= 0.3 is 0 Å². The van der Waals surface area contributed by atoms with Gasteiger partial charge < -0.3 is 0 Å². The van der Waals surface area contributed by atoms with Crippen LogP contribution in [-0.4, -0.2) is 14.2 Å². The van der Waals surface area contributed by atoms with Gasteiger partial charge in [0.05, 0.1) is 5.02 Å². The average molecular weight is 262 g/mol. The van der Waals surface area contributed by atoms with E-state index in [9.17, 15) is 13.2 Å². The molecule has 0 heterocycles. The molecule has 0 saturated heterocycles. The molecule has 0 atom stereocenters. The molecule has 6 heteroatoms. The predicted molar refractivity (Wildman–Crippen MR) is 62.0 cm³/mol. The second-order valence-electron chi connectivity index (χ2n) is 3.71. The van der Waals surface area contributed by atoms with E-state index in [1.54, 1.807) is 13.8 Å². The Morgan fingerprint density at radius 1 is 1.38 bits per heavy atom. The molecule has 1 rings (SSSR count). The van der Waals surface area contributed by atoms with Crippen molar-refractivity contribution in [3.63, 3.8) is 0 Å². The zero-order chi connectivity index (χ0) is 12.5. The van der Waals surface area contributed by atoms with Crippen molar-refractivity contribution in [1.29, 1.82) is 0 Å². The highest BCUT2D eigenvalue weighted by Gasteiger charge is 2.17. The Morgan fingerprint density at radius 2 is 1.94 bits per heavy atom. The number of benzene rings is 1. The number of carbonyl (C=O) groups is 1. The van der Waals surface area contributed by atoms with Crippen LogP contribution in [0.3, 0.4) is 0 Å². The maximum absolute atomic E-state index is 11.7. The van der Waals surface area contributed by atoms with Gasteiger partial charge in [0, 0.05) is 11.5 Å². The minimum absolute atomic E-state index is 0.0165. The summed E-state index contributed by atoms with van der Waals surface area (Å²) in [6, 6.07) is 4.05. The van der Waals surface area contributed by atoms with Gasteiger partial charge in [0.15, 0.2) is 5.78 Å². The lowest BCUT2D eigenvalue weighted by molar-refractivity contribution is 0.0939. The van der Waals surface area contributed by atoms with Crippen molar-refractivity contribution < 1.29 is 13.2 Å². The molecule has 0 aliphatic heterocycles. The first kappa shape index (κ1) is 13.2. The molecule has 0 spiro atoms. The number of sulfonamides is 1. The largest absolute Gasteiger partial charge is 0.294 e. The number of nitrogens with two attached hydrogens (primary N) is 1. The first-order chi connectivity index (χ1) is 7.23. The molecule has 1 aromatic rings. The van der Waals surface area contributed by atoms with Crippen LogP contribution < -0.4 is 5.14 Å². The Hall–Kier alpha value is -0.910. The van der Waals surface area contributed by atoms with Gasteiger partial charge in [0.1, 0.15) is 4.90 Å². The summed E-state index contributed by atoms with van der Waals surface area (Å²) in [4.78, 5) is 11.4. The van der Waals surface area contributed by atoms with Crippen LogP contribution in [0.15, 0.2) is 23.1 Å². The topological polar surface area (TPSA) is 77.2 Å². The summed E-state index contributed by atoms with van der Waals surface area (Å²) in [5.74, 6) is -0.365. The lowest BCUT2D eigenvalue weighted by Gasteiger charge is -2.07. The van der Waals surface area contributed by atoms with Crippen LogP contribution >= 0.6 is 11.6 Å². The van der Waals surface area contributed by atoms with Gasteiger partial charge in [-0.15, -0.1) is 0 Å². The molecule has 0 fully saturated rings. The van der Waals surface area contributed by atoms with Crippen LogP contribution in [0, 0.1) is 5.92 Å². The zero-order valence-electron chi connectivity index (χ0n) is 8.90. The van der Waals surface area contributed by atoms with Crippen LogP contribution in [0.4, 0.5) is 0 Å². The van der Waals surface area contributed by atoms with Gasteiger partial charge in [-0.3, -0.25) is 4.79 Å². The third-order valence-corrected chi connectivity index (χ3v) is 3.44. The number of primary sulfonamides is 1. The zero-order valence-corrected chi connectivity index (χ0v) is 10.5. The Kier molecular flexibility index (Phi) is 3.72. The number of hydrogen-bond acceptors (Lipinski definition) is 3. The monoisotopic (exact) mass is 261 g/mol. The van der Waals surface area contributed by atoms with E-state index >= 15 is 0 Å². The fourth-order valence-electron chi connectivity index (χ4n) is 1.21. The van der Waals surface area contributed by atoms with Gasteiger partial charge in [-0.2, -0.15) is 0 Å². The predicted octanol–water partition coefficient (Wildman–Crippen LogP) is 1.83. The highest BCUT2D eigenvalue weighted by atomic mass is 35.5. The molecule has 0 amide bonds. The first-order valence-electron chi connectivity index (χ1n) is 4.60. The molecule has 4 nitrogen and oxygen atoms in total. The molecule has 0 aromatic heterocycles. The highest BCUT2D eigenvalue weighted by molar-refractivity contribution is 7.89. The second-order valence-corrected chi connectivity index (χ2v) is 5.65. The number of ketones is 1. The normalized spacial score (nSPS) is 11.8. The molecule has 0 radical (unpaired) electrons. The van der Waals surface area contributed by atoms with Crippen LogP contribution in [-0.2, 0) is 10.0 Å². The van der Waals surface area contributed by atoms with Crippen molar-refractivity contribution in [1.82, 2.24) is 0 Å². The van der Waals surface area contributed by atoms with Gasteiger partial charge in [-0.25, -0.2) is 13.6 Å². The van der Waals surface area contributed by atoms with E-state index in [-0.39, 0.29) is 21.6 Å². The van der Waals surface area contributed by atoms with Crippen LogP contribution in [0.5, 0.6) is 0 Å². The third-order valence-electron chi connectivity index (χ3n) is 2.05. The standard InChI is InChI=1S/C10H12ClNO3S/c1-6(2)10(13)7-3-4-8(11)9(5-7)16(12,14)15/h3-6H,1-2H3,(H2,12,14,15). The van der Waals surface area contributed by atoms with Crippen LogP contribution in [0.25, 0.3) is 0 Å². The van der Waals surface area contributed by atoms with Crippen molar-refractivity contribution in [3.05, 3.63) is 28.8 Å². The molecule has 0 aliphatic carbocycles. The second kappa shape index (κ2) is 4.53. The third kappa shape index (κ3) is 2.81. The maximum Gasteiger partial charge on any atom is 0.239 e. The number of Topliss-reactive ketones (excluding diaryl/α,β-unsaturated/α-hetero) is 1. The van der Waals surface area contributed by atoms with Crippen molar-refractivity contribution in [3.8, 4) is 0 Å². The Morgan fingerprint density at radius 3 is 2.38 bits per heavy atom. The molecule has 0 unspecified atom stereocenters. The number of hydrogen-bond donors (Lipinski definition) is 1. The summed E-state index contributed by atoms with van der Waals surface area (Å²) in [5.41, 5.74) is 0.295. The van der Waals surface area contributed by atoms with E-state index in [0.717, 1.165) is 0 Å². The molecule has 0 bridgehead atoms. The van der Waals surface area contributed by atoms with Gasteiger partial charge in [-0.1, -0.05) is 25.4 Å². The minimum Gasteiger partial charge on any atom is -0.294 e. The summed E-state index contributed by atoms with van der Waals surface area (Å²) in [5, 5.41) is 5.00.